The van der Waals surface area contributed by atoms with Crippen LogP contribution in [0.5, 0.6) is 0 Å². The van der Waals surface area contributed by atoms with Gasteiger partial charge in [0, 0.05) is 13.1 Å². The molecule has 1 saturated heterocycles. The molecule has 0 aliphatic carbocycles. The van der Waals surface area contributed by atoms with E-state index in [2.05, 4.69) is 0 Å². The first-order valence-corrected chi connectivity index (χ1v) is 5.42. The number of aliphatic hydroxyl groups excluding tert-OH is 1. The van der Waals surface area contributed by atoms with Gasteiger partial charge in [-0.25, -0.2) is 9.24 Å². The molecule has 1 aliphatic rings. The number of hydrogen-bond acceptors (Lipinski definition) is 4. The Morgan fingerprint density at radius 3 is 2.36 bits per heavy atom. The number of aliphatic hydroxyl groups is 2. The fraction of sp³-hybridized carbons (Fsp3) is 0.800. The molecule has 0 aromatic carbocycles. The molecular formula is C5H12N3O5P. The number of guanidine groups is 1. The van der Waals surface area contributed by atoms with Gasteiger partial charge < -0.3 is 24.9 Å². The van der Waals surface area contributed by atoms with Gasteiger partial charge in [-0.3, -0.25) is 5.41 Å². The first kappa shape index (κ1) is 11.4. The molecule has 1 rings (SSSR count). The van der Waals surface area contributed by atoms with Crippen molar-refractivity contribution in [2.24, 2.45) is 0 Å². The summed E-state index contributed by atoms with van der Waals surface area (Å²) in [6.45, 7) is -0.0211. The molecule has 5 N–H and O–H groups in total. The van der Waals surface area contributed by atoms with Crippen molar-refractivity contribution < 1.29 is 24.6 Å². The normalized spacial score (nSPS) is 18.5. The highest BCUT2D eigenvalue weighted by molar-refractivity contribution is 7.50. The molecule has 82 valence electrons. The molecule has 1 aliphatic heterocycles. The number of β-amino-alcohol motifs (C(OH)–C–C–N with tert-alkyl or cyclic N) is 2. The summed E-state index contributed by atoms with van der Waals surface area (Å²) in [5, 5.41) is 24.6. The van der Waals surface area contributed by atoms with Gasteiger partial charge in [0.1, 0.15) is 0 Å². The second-order valence-corrected chi connectivity index (χ2v) is 4.40. The van der Waals surface area contributed by atoms with Crippen molar-refractivity contribution in [3.05, 3.63) is 0 Å². The Morgan fingerprint density at radius 1 is 1.43 bits per heavy atom. The van der Waals surface area contributed by atoms with Crippen LogP contribution < -0.4 is 0 Å². The Labute approximate surface area is 80.1 Å². The Bertz CT molecular complexity index is 277. The molecule has 0 amide bonds. The molecule has 1 heterocycles. The van der Waals surface area contributed by atoms with Gasteiger partial charge in [-0.15, -0.1) is 0 Å². The van der Waals surface area contributed by atoms with Crippen LogP contribution in [0.25, 0.3) is 0 Å². The zero-order valence-electron chi connectivity index (χ0n) is 7.24. The highest BCUT2D eigenvalue weighted by Crippen LogP contribution is 2.41. The van der Waals surface area contributed by atoms with E-state index in [1.165, 1.54) is 4.90 Å². The number of nitrogens with zero attached hydrogens (tertiary/aromatic N) is 2. The Kier molecular flexibility index (Phi) is 3.13. The standard InChI is InChI=1S/C5H12N3O5P/c6-5-7(3-4(9)10)1-2-8(5)14(11,12)13/h4,6,9-10H,1-3H2,(H2,11,12,13). The summed E-state index contributed by atoms with van der Waals surface area (Å²) in [6, 6.07) is 0. The largest absolute Gasteiger partial charge is 0.432 e. The molecule has 1 fully saturated rings. The summed E-state index contributed by atoms with van der Waals surface area (Å²) in [5.41, 5.74) is 0. The molecule has 0 bridgehead atoms. The third-order valence-corrected chi connectivity index (χ3v) is 2.84. The third-order valence-electron chi connectivity index (χ3n) is 1.82. The molecule has 0 aromatic heterocycles. The van der Waals surface area contributed by atoms with E-state index in [-0.39, 0.29) is 25.6 Å². The maximum Gasteiger partial charge on any atom is 0.432 e. The second-order valence-electron chi connectivity index (χ2n) is 2.89. The summed E-state index contributed by atoms with van der Waals surface area (Å²) in [5.74, 6) is -0.383. The number of nitrogens with one attached hydrogen (secondary N) is 1. The van der Waals surface area contributed by atoms with Crippen molar-refractivity contribution in [1.29, 1.82) is 5.41 Å². The summed E-state index contributed by atoms with van der Waals surface area (Å²) in [7, 11) is -4.45. The molecule has 0 saturated carbocycles. The third kappa shape index (κ3) is 2.43. The van der Waals surface area contributed by atoms with E-state index in [1.54, 1.807) is 0 Å². The van der Waals surface area contributed by atoms with Crippen LogP contribution >= 0.6 is 7.75 Å². The fourth-order valence-corrected chi connectivity index (χ4v) is 1.94. The van der Waals surface area contributed by atoms with Crippen LogP contribution in [-0.4, -0.2) is 61.5 Å². The molecule has 0 spiro atoms. The van der Waals surface area contributed by atoms with E-state index in [9.17, 15) is 4.57 Å². The molecule has 0 aromatic rings. The average molecular weight is 225 g/mol. The second kappa shape index (κ2) is 3.84. The summed E-state index contributed by atoms with van der Waals surface area (Å²) in [6.07, 6.45) is -1.62. The molecule has 8 nitrogen and oxygen atoms in total. The van der Waals surface area contributed by atoms with E-state index in [0.717, 1.165) is 0 Å². The average Bonchev–Trinajstić information content (AvgIpc) is 2.30. The number of hydrogen-bond donors (Lipinski definition) is 5. The summed E-state index contributed by atoms with van der Waals surface area (Å²) in [4.78, 5) is 18.8. The zero-order chi connectivity index (χ0) is 10.9. The SMILES string of the molecule is N=C1N(CC(O)O)CCN1P(=O)(O)O. The van der Waals surface area contributed by atoms with Gasteiger partial charge in [-0.05, 0) is 0 Å². The first-order valence-electron chi connectivity index (χ1n) is 3.85. The lowest BCUT2D eigenvalue weighted by molar-refractivity contribution is -0.0500. The predicted molar refractivity (Wildman–Crippen MR) is 46.3 cm³/mol. The monoisotopic (exact) mass is 225 g/mol. The minimum Gasteiger partial charge on any atom is -0.367 e. The Balaban J connectivity index is 2.65. The summed E-state index contributed by atoms with van der Waals surface area (Å²) >= 11 is 0. The van der Waals surface area contributed by atoms with Crippen LogP contribution in [0.4, 0.5) is 0 Å². The number of rotatable bonds is 3. The Hall–Kier alpha value is -0.660. The maximum atomic E-state index is 10.8. The maximum absolute atomic E-state index is 10.8. The van der Waals surface area contributed by atoms with Gasteiger partial charge in [-0.1, -0.05) is 0 Å². The van der Waals surface area contributed by atoms with E-state index < -0.39 is 14.0 Å². The highest BCUT2D eigenvalue weighted by atomic mass is 31.2. The van der Waals surface area contributed by atoms with Gasteiger partial charge >= 0.3 is 7.75 Å². The lowest BCUT2D eigenvalue weighted by atomic mass is 10.5. The predicted octanol–water partition coefficient (Wildman–Crippen LogP) is -2.06. The van der Waals surface area contributed by atoms with E-state index >= 15 is 0 Å². The van der Waals surface area contributed by atoms with E-state index in [4.69, 9.17) is 25.4 Å². The van der Waals surface area contributed by atoms with E-state index in [0.29, 0.717) is 4.67 Å². The quantitative estimate of drug-likeness (QED) is 0.276. The molecular weight excluding hydrogens is 213 g/mol. The highest BCUT2D eigenvalue weighted by Gasteiger charge is 2.36. The van der Waals surface area contributed by atoms with E-state index in [1.807, 2.05) is 0 Å². The molecule has 14 heavy (non-hydrogen) atoms. The lowest BCUT2D eigenvalue weighted by Crippen LogP contribution is -2.36. The van der Waals surface area contributed by atoms with Gasteiger partial charge in [0.2, 0.25) is 5.96 Å². The first-order chi connectivity index (χ1) is 6.32. The fourth-order valence-electron chi connectivity index (χ4n) is 1.22. The van der Waals surface area contributed by atoms with Crippen LogP contribution in [0.3, 0.4) is 0 Å². The molecule has 0 atom stereocenters. The van der Waals surface area contributed by atoms with Crippen molar-refractivity contribution in [2.75, 3.05) is 19.6 Å². The van der Waals surface area contributed by atoms with Gasteiger partial charge in [0.15, 0.2) is 6.29 Å². The van der Waals surface area contributed by atoms with Crippen molar-refractivity contribution in [1.82, 2.24) is 9.57 Å². The van der Waals surface area contributed by atoms with Crippen molar-refractivity contribution in [3.8, 4) is 0 Å². The minimum atomic E-state index is -4.45. The van der Waals surface area contributed by atoms with Gasteiger partial charge in [0.05, 0.1) is 6.54 Å². The van der Waals surface area contributed by atoms with Crippen LogP contribution in [0.15, 0.2) is 0 Å². The van der Waals surface area contributed by atoms with Crippen molar-refractivity contribution in [2.45, 2.75) is 6.29 Å². The minimum absolute atomic E-state index is 0.00975. The smallest absolute Gasteiger partial charge is 0.367 e. The van der Waals surface area contributed by atoms with Crippen LogP contribution in [0.1, 0.15) is 0 Å². The topological polar surface area (TPSA) is 128 Å². The Morgan fingerprint density at radius 2 is 2.00 bits per heavy atom. The van der Waals surface area contributed by atoms with Crippen LogP contribution in [0, 0.1) is 5.41 Å². The van der Waals surface area contributed by atoms with Gasteiger partial charge in [0.25, 0.3) is 0 Å². The van der Waals surface area contributed by atoms with Crippen LogP contribution in [-0.2, 0) is 4.57 Å². The molecule has 0 unspecified atom stereocenters. The van der Waals surface area contributed by atoms with Crippen molar-refractivity contribution >= 4 is 13.7 Å². The van der Waals surface area contributed by atoms with Crippen LogP contribution in [0.2, 0.25) is 0 Å². The summed E-state index contributed by atoms with van der Waals surface area (Å²) < 4.78 is 11.4. The molecule has 0 radical (unpaired) electrons. The molecule has 9 heteroatoms. The zero-order valence-corrected chi connectivity index (χ0v) is 8.13. The van der Waals surface area contributed by atoms with Gasteiger partial charge in [-0.2, -0.15) is 0 Å². The van der Waals surface area contributed by atoms with Crippen molar-refractivity contribution in [3.63, 3.8) is 0 Å². The lowest BCUT2D eigenvalue weighted by Gasteiger charge is -2.22.